The Morgan fingerprint density at radius 2 is 1.89 bits per heavy atom. The first-order chi connectivity index (χ1) is 12.9. The van der Waals surface area contributed by atoms with Gasteiger partial charge in [-0.15, -0.1) is 0 Å². The van der Waals surface area contributed by atoms with E-state index >= 15 is 0 Å². The summed E-state index contributed by atoms with van der Waals surface area (Å²) in [5.41, 5.74) is 2.94. The quantitative estimate of drug-likeness (QED) is 0.707. The van der Waals surface area contributed by atoms with Crippen LogP contribution in [0.25, 0.3) is 10.9 Å². The van der Waals surface area contributed by atoms with E-state index in [0.717, 1.165) is 16.5 Å². The molecule has 3 rings (SSSR count). The van der Waals surface area contributed by atoms with Gasteiger partial charge in [-0.05, 0) is 30.7 Å². The summed E-state index contributed by atoms with van der Waals surface area (Å²) in [5.74, 6) is -0.246. The van der Waals surface area contributed by atoms with Crippen LogP contribution in [-0.2, 0) is 18.4 Å². The van der Waals surface area contributed by atoms with Crippen LogP contribution in [0.2, 0.25) is 5.02 Å². The summed E-state index contributed by atoms with van der Waals surface area (Å²) in [5, 5.41) is 4.20. The first-order valence-electron chi connectivity index (χ1n) is 8.81. The molecular weight excluding hydrogens is 362 g/mol. The molecule has 1 N–H and O–H groups in total. The van der Waals surface area contributed by atoms with Crippen molar-refractivity contribution in [3.8, 4) is 0 Å². The van der Waals surface area contributed by atoms with Crippen LogP contribution in [0.4, 0.5) is 5.69 Å². The Morgan fingerprint density at radius 1 is 1.15 bits per heavy atom. The predicted octanol–water partition coefficient (Wildman–Crippen LogP) is 4.45. The van der Waals surface area contributed by atoms with E-state index in [1.54, 1.807) is 16.4 Å². The Kier molecular flexibility index (Phi) is 5.51. The molecule has 0 saturated carbocycles. The first-order valence-corrected chi connectivity index (χ1v) is 9.19. The zero-order valence-electron chi connectivity index (χ0n) is 15.6. The van der Waals surface area contributed by atoms with Crippen LogP contribution < -0.4 is 5.32 Å². The minimum atomic E-state index is -0.269. The van der Waals surface area contributed by atoms with Gasteiger partial charge in [0.25, 0.3) is 5.91 Å². The Balaban J connectivity index is 1.85. The van der Waals surface area contributed by atoms with Gasteiger partial charge >= 0.3 is 0 Å². The van der Waals surface area contributed by atoms with Gasteiger partial charge in [-0.2, -0.15) is 0 Å². The fourth-order valence-electron chi connectivity index (χ4n) is 3.20. The number of benzene rings is 2. The minimum Gasteiger partial charge on any atom is -0.339 e. The molecule has 5 nitrogen and oxygen atoms in total. The van der Waals surface area contributed by atoms with Gasteiger partial charge in [0, 0.05) is 43.7 Å². The number of hydrogen-bond donors (Lipinski definition) is 1. The number of halogens is 1. The van der Waals surface area contributed by atoms with E-state index in [2.05, 4.69) is 5.32 Å². The lowest BCUT2D eigenvalue weighted by atomic mass is 10.2. The maximum atomic E-state index is 12.8. The Bertz CT molecular complexity index is 971. The molecule has 0 unspecified atom stereocenters. The highest BCUT2D eigenvalue weighted by Crippen LogP contribution is 2.30. The molecule has 2 aromatic carbocycles. The topological polar surface area (TPSA) is 54.3 Å². The third-order valence-corrected chi connectivity index (χ3v) is 5.03. The molecule has 0 radical (unpaired) electrons. The van der Waals surface area contributed by atoms with Crippen LogP contribution in [-0.4, -0.2) is 27.8 Å². The smallest absolute Gasteiger partial charge is 0.273 e. The highest BCUT2D eigenvalue weighted by molar-refractivity contribution is 6.39. The fraction of sp³-hybridized carbons (Fsp3) is 0.238. The summed E-state index contributed by atoms with van der Waals surface area (Å²) in [6.45, 7) is 4.63. The summed E-state index contributed by atoms with van der Waals surface area (Å²) in [7, 11) is 1.82. The zero-order valence-corrected chi connectivity index (χ0v) is 16.4. The van der Waals surface area contributed by atoms with Gasteiger partial charge in [-0.25, -0.2) is 0 Å². The van der Waals surface area contributed by atoms with E-state index in [9.17, 15) is 9.59 Å². The number of amides is 2. The molecule has 0 bridgehead atoms. The molecule has 27 heavy (non-hydrogen) atoms. The number of rotatable bonds is 5. The second-order valence-corrected chi connectivity index (χ2v) is 6.80. The van der Waals surface area contributed by atoms with Gasteiger partial charge in [0.05, 0.1) is 5.02 Å². The monoisotopic (exact) mass is 383 g/mol. The number of nitrogens with zero attached hydrogens (tertiary/aromatic N) is 2. The Hall–Kier alpha value is -2.79. The second-order valence-electron chi connectivity index (χ2n) is 6.43. The summed E-state index contributed by atoms with van der Waals surface area (Å²) in [6, 6.07) is 15.1. The summed E-state index contributed by atoms with van der Waals surface area (Å²) in [6.07, 6.45) is 0. The average molecular weight is 384 g/mol. The average Bonchev–Trinajstić information content (AvgIpc) is 2.91. The number of anilines is 1. The number of aryl methyl sites for hydroxylation is 1. The molecule has 0 aliphatic rings. The third-order valence-electron chi connectivity index (χ3n) is 4.65. The molecule has 140 valence electrons. The van der Waals surface area contributed by atoms with Crippen molar-refractivity contribution >= 4 is 40.0 Å². The van der Waals surface area contributed by atoms with Crippen molar-refractivity contribution in [1.29, 1.82) is 0 Å². The van der Waals surface area contributed by atoms with E-state index in [4.69, 9.17) is 11.6 Å². The maximum absolute atomic E-state index is 12.8. The van der Waals surface area contributed by atoms with E-state index < -0.39 is 0 Å². The molecule has 6 heteroatoms. The van der Waals surface area contributed by atoms with Gasteiger partial charge in [-0.1, -0.05) is 41.9 Å². The molecule has 0 atom stereocenters. The van der Waals surface area contributed by atoms with Crippen LogP contribution in [0, 0.1) is 0 Å². The fourth-order valence-corrected chi connectivity index (χ4v) is 3.58. The molecule has 0 spiro atoms. The predicted molar refractivity (Wildman–Crippen MR) is 109 cm³/mol. The number of fused-ring (bicyclic) bond motifs is 1. The molecule has 1 aromatic heterocycles. The van der Waals surface area contributed by atoms with Gasteiger partial charge in [-0.3, -0.25) is 9.59 Å². The molecule has 0 fully saturated rings. The number of carbonyl (C=O) groups is 2. The van der Waals surface area contributed by atoms with E-state index in [0.29, 0.717) is 29.5 Å². The Morgan fingerprint density at radius 3 is 2.56 bits per heavy atom. The van der Waals surface area contributed by atoms with Crippen molar-refractivity contribution in [2.45, 2.75) is 20.4 Å². The molecule has 0 aliphatic carbocycles. The summed E-state index contributed by atoms with van der Waals surface area (Å²) >= 11 is 6.45. The van der Waals surface area contributed by atoms with Crippen LogP contribution in [0.15, 0.2) is 48.5 Å². The number of carbonyl (C=O) groups excluding carboxylic acids is 2. The van der Waals surface area contributed by atoms with Crippen molar-refractivity contribution in [1.82, 2.24) is 9.47 Å². The number of para-hydroxylation sites is 1. The first kappa shape index (κ1) is 19.0. The number of aromatic nitrogens is 1. The molecule has 1 heterocycles. The lowest BCUT2D eigenvalue weighted by Gasteiger charge is -2.19. The lowest BCUT2D eigenvalue weighted by molar-refractivity contribution is -0.129. The standard InChI is InChI=1S/C21H22ClN3O2/c1-4-25(14(2)26)13-15-8-7-9-16(12-15)23-21(27)20-19(22)17-10-5-6-11-18(17)24(20)3/h5-12H,4,13H2,1-3H3,(H,23,27). The SMILES string of the molecule is CCN(Cc1cccc(NC(=O)c2c(Cl)c3ccccc3n2C)c1)C(C)=O. The molecule has 0 saturated heterocycles. The largest absolute Gasteiger partial charge is 0.339 e. The molecular formula is C21H22ClN3O2. The summed E-state index contributed by atoms with van der Waals surface area (Å²) in [4.78, 5) is 26.2. The molecule has 2 amide bonds. The lowest BCUT2D eigenvalue weighted by Crippen LogP contribution is -2.27. The number of hydrogen-bond acceptors (Lipinski definition) is 2. The van der Waals surface area contributed by atoms with Crippen molar-refractivity contribution in [2.24, 2.45) is 7.05 Å². The van der Waals surface area contributed by atoms with Crippen molar-refractivity contribution < 1.29 is 9.59 Å². The van der Waals surface area contributed by atoms with Crippen LogP contribution in [0.1, 0.15) is 29.9 Å². The zero-order chi connectivity index (χ0) is 19.6. The van der Waals surface area contributed by atoms with Crippen LogP contribution in [0.3, 0.4) is 0 Å². The van der Waals surface area contributed by atoms with Crippen molar-refractivity contribution in [2.75, 3.05) is 11.9 Å². The third kappa shape index (κ3) is 3.83. The number of nitrogens with one attached hydrogen (secondary N) is 1. The van der Waals surface area contributed by atoms with Crippen LogP contribution in [0.5, 0.6) is 0 Å². The second kappa shape index (κ2) is 7.84. The van der Waals surface area contributed by atoms with Gasteiger partial charge in [0.15, 0.2) is 0 Å². The van der Waals surface area contributed by atoms with Gasteiger partial charge in [0.2, 0.25) is 5.91 Å². The van der Waals surface area contributed by atoms with Crippen LogP contribution >= 0.6 is 11.6 Å². The van der Waals surface area contributed by atoms with E-state index in [-0.39, 0.29) is 11.8 Å². The highest BCUT2D eigenvalue weighted by Gasteiger charge is 2.20. The maximum Gasteiger partial charge on any atom is 0.273 e. The molecule has 3 aromatic rings. The van der Waals surface area contributed by atoms with E-state index in [1.807, 2.05) is 62.5 Å². The van der Waals surface area contributed by atoms with Crippen molar-refractivity contribution in [3.63, 3.8) is 0 Å². The normalized spacial score (nSPS) is 10.8. The van der Waals surface area contributed by atoms with Gasteiger partial charge in [0.1, 0.15) is 5.69 Å². The minimum absolute atomic E-state index is 0.0224. The molecule has 0 aliphatic heterocycles. The highest BCUT2D eigenvalue weighted by atomic mass is 35.5. The summed E-state index contributed by atoms with van der Waals surface area (Å²) < 4.78 is 1.80. The van der Waals surface area contributed by atoms with E-state index in [1.165, 1.54) is 0 Å². The van der Waals surface area contributed by atoms with Crippen molar-refractivity contribution in [3.05, 3.63) is 64.8 Å². The van der Waals surface area contributed by atoms with Gasteiger partial charge < -0.3 is 14.8 Å². The Labute approximate surface area is 163 Å².